The second-order valence-electron chi connectivity index (χ2n) is 4.97. The molecular formula is C14H19ClN4O. The first-order valence-electron chi connectivity index (χ1n) is 6.64. The predicted molar refractivity (Wildman–Crippen MR) is 81.0 cm³/mol. The summed E-state index contributed by atoms with van der Waals surface area (Å²) in [6, 6.07) is 8.07. The molecule has 1 aromatic carbocycles. The van der Waals surface area contributed by atoms with Gasteiger partial charge in [0.05, 0.1) is 17.0 Å². The van der Waals surface area contributed by atoms with Crippen molar-refractivity contribution in [3.63, 3.8) is 0 Å². The second kappa shape index (κ2) is 6.24. The first-order valence-corrected chi connectivity index (χ1v) is 6.64. The molecule has 2 N–H and O–H groups in total. The van der Waals surface area contributed by atoms with E-state index in [1.54, 1.807) is 0 Å². The Morgan fingerprint density at radius 2 is 2.20 bits per heavy atom. The van der Waals surface area contributed by atoms with Crippen LogP contribution in [-0.4, -0.2) is 35.1 Å². The Kier molecular flexibility index (Phi) is 4.62. The molecule has 1 amide bonds. The van der Waals surface area contributed by atoms with Gasteiger partial charge < -0.3 is 15.2 Å². The molecule has 0 aliphatic carbocycles. The van der Waals surface area contributed by atoms with E-state index in [2.05, 4.69) is 26.3 Å². The van der Waals surface area contributed by atoms with Gasteiger partial charge in [-0.3, -0.25) is 4.79 Å². The van der Waals surface area contributed by atoms with E-state index in [0.29, 0.717) is 6.54 Å². The van der Waals surface area contributed by atoms with Crippen molar-refractivity contribution in [3.8, 4) is 0 Å². The van der Waals surface area contributed by atoms with E-state index in [0.717, 1.165) is 36.4 Å². The molecule has 5 nitrogen and oxygen atoms in total. The summed E-state index contributed by atoms with van der Waals surface area (Å²) >= 11 is 0. The molecule has 0 spiro atoms. The number of benzene rings is 1. The minimum Gasteiger partial charge on any atom is -0.355 e. The zero-order valence-corrected chi connectivity index (χ0v) is 12.2. The van der Waals surface area contributed by atoms with Crippen molar-refractivity contribution in [2.24, 2.45) is 13.0 Å². The number of halogens is 1. The maximum absolute atomic E-state index is 11.7. The van der Waals surface area contributed by atoms with Crippen LogP contribution in [0, 0.1) is 5.92 Å². The highest BCUT2D eigenvalue weighted by atomic mass is 35.5. The van der Waals surface area contributed by atoms with Gasteiger partial charge in [0.1, 0.15) is 5.82 Å². The molecule has 0 atom stereocenters. The zero-order chi connectivity index (χ0) is 13.2. The van der Waals surface area contributed by atoms with Crippen molar-refractivity contribution < 1.29 is 4.79 Å². The Balaban J connectivity index is 0.00000147. The van der Waals surface area contributed by atoms with Gasteiger partial charge in [0, 0.05) is 33.1 Å². The van der Waals surface area contributed by atoms with E-state index in [1.807, 2.05) is 25.2 Å². The molecule has 0 radical (unpaired) electrons. The lowest BCUT2D eigenvalue weighted by atomic mass is 10.0. The normalized spacial score (nSPS) is 14.7. The van der Waals surface area contributed by atoms with Gasteiger partial charge in [-0.15, -0.1) is 12.4 Å². The Morgan fingerprint density at radius 1 is 1.45 bits per heavy atom. The standard InChI is InChI=1S/C14H18N4O.ClH/c1-18-12-5-3-2-4-11(12)17-13(18)6-7-16-14(19)10-8-15-9-10;/h2-5,10,15H,6-9H2,1H3,(H,16,19);1H. The van der Waals surface area contributed by atoms with Crippen LogP contribution in [0.1, 0.15) is 5.82 Å². The number of fused-ring (bicyclic) bond motifs is 1. The number of imidazole rings is 1. The lowest BCUT2D eigenvalue weighted by molar-refractivity contribution is -0.126. The first kappa shape index (κ1) is 14.8. The van der Waals surface area contributed by atoms with Gasteiger partial charge in [-0.05, 0) is 12.1 Å². The quantitative estimate of drug-likeness (QED) is 0.880. The molecule has 6 heteroatoms. The highest BCUT2D eigenvalue weighted by molar-refractivity contribution is 5.85. The van der Waals surface area contributed by atoms with Gasteiger partial charge in [0.25, 0.3) is 0 Å². The molecule has 1 aliphatic heterocycles. The molecule has 2 heterocycles. The van der Waals surface area contributed by atoms with Crippen molar-refractivity contribution >= 4 is 29.3 Å². The Hall–Kier alpha value is -1.59. The molecule has 1 fully saturated rings. The maximum Gasteiger partial charge on any atom is 0.225 e. The maximum atomic E-state index is 11.7. The average Bonchev–Trinajstić information content (AvgIpc) is 2.65. The summed E-state index contributed by atoms with van der Waals surface area (Å²) in [5, 5.41) is 6.07. The smallest absolute Gasteiger partial charge is 0.225 e. The molecule has 2 aromatic rings. The number of rotatable bonds is 4. The number of aryl methyl sites for hydroxylation is 1. The number of nitrogens with zero attached hydrogens (tertiary/aromatic N) is 2. The van der Waals surface area contributed by atoms with Gasteiger partial charge >= 0.3 is 0 Å². The predicted octanol–water partition coefficient (Wildman–Crippen LogP) is 0.873. The van der Waals surface area contributed by atoms with Crippen LogP contribution in [0.15, 0.2) is 24.3 Å². The molecule has 0 bridgehead atoms. The number of para-hydroxylation sites is 2. The third-order valence-electron chi connectivity index (χ3n) is 3.68. The van der Waals surface area contributed by atoms with Crippen LogP contribution in [0.2, 0.25) is 0 Å². The van der Waals surface area contributed by atoms with Crippen molar-refractivity contribution in [3.05, 3.63) is 30.1 Å². The monoisotopic (exact) mass is 294 g/mol. The summed E-state index contributed by atoms with van der Waals surface area (Å²) in [5.41, 5.74) is 2.14. The lowest BCUT2D eigenvalue weighted by Crippen LogP contribution is -2.51. The summed E-state index contributed by atoms with van der Waals surface area (Å²) in [6.45, 7) is 2.25. The van der Waals surface area contributed by atoms with Gasteiger partial charge in [-0.25, -0.2) is 4.98 Å². The topological polar surface area (TPSA) is 59.0 Å². The van der Waals surface area contributed by atoms with Crippen LogP contribution < -0.4 is 10.6 Å². The highest BCUT2D eigenvalue weighted by Gasteiger charge is 2.24. The number of carbonyl (C=O) groups is 1. The van der Waals surface area contributed by atoms with E-state index >= 15 is 0 Å². The molecule has 1 saturated heterocycles. The summed E-state index contributed by atoms with van der Waals surface area (Å²) in [4.78, 5) is 16.3. The second-order valence-corrected chi connectivity index (χ2v) is 4.97. The Labute approximate surface area is 124 Å². The van der Waals surface area contributed by atoms with Crippen molar-refractivity contribution in [2.75, 3.05) is 19.6 Å². The molecule has 1 aromatic heterocycles. The fourth-order valence-corrected chi connectivity index (χ4v) is 2.33. The molecule has 0 saturated carbocycles. The Morgan fingerprint density at radius 3 is 2.85 bits per heavy atom. The molecule has 108 valence electrons. The van der Waals surface area contributed by atoms with Gasteiger partial charge in [-0.1, -0.05) is 12.1 Å². The van der Waals surface area contributed by atoms with Gasteiger partial charge in [0.15, 0.2) is 0 Å². The van der Waals surface area contributed by atoms with E-state index in [9.17, 15) is 4.79 Å². The summed E-state index contributed by atoms with van der Waals surface area (Å²) < 4.78 is 2.09. The minimum atomic E-state index is 0. The average molecular weight is 295 g/mol. The highest BCUT2D eigenvalue weighted by Crippen LogP contribution is 2.14. The molecule has 1 aliphatic rings. The van der Waals surface area contributed by atoms with Crippen molar-refractivity contribution in [1.29, 1.82) is 0 Å². The fraction of sp³-hybridized carbons (Fsp3) is 0.429. The summed E-state index contributed by atoms with van der Waals surface area (Å²) in [7, 11) is 2.02. The lowest BCUT2D eigenvalue weighted by Gasteiger charge is -2.25. The van der Waals surface area contributed by atoms with Crippen LogP contribution in [0.4, 0.5) is 0 Å². The van der Waals surface area contributed by atoms with Gasteiger partial charge in [-0.2, -0.15) is 0 Å². The van der Waals surface area contributed by atoms with E-state index in [4.69, 9.17) is 0 Å². The number of nitrogens with one attached hydrogen (secondary N) is 2. The van der Waals surface area contributed by atoms with Crippen molar-refractivity contribution in [1.82, 2.24) is 20.2 Å². The third-order valence-corrected chi connectivity index (χ3v) is 3.68. The first-order chi connectivity index (χ1) is 9.25. The number of hydrogen-bond acceptors (Lipinski definition) is 3. The van der Waals surface area contributed by atoms with E-state index in [1.165, 1.54) is 0 Å². The van der Waals surface area contributed by atoms with E-state index < -0.39 is 0 Å². The number of aromatic nitrogens is 2. The number of amides is 1. The number of carbonyl (C=O) groups excluding carboxylic acids is 1. The zero-order valence-electron chi connectivity index (χ0n) is 11.4. The minimum absolute atomic E-state index is 0. The van der Waals surface area contributed by atoms with Crippen LogP contribution >= 0.6 is 12.4 Å². The van der Waals surface area contributed by atoms with Crippen LogP contribution in [0.5, 0.6) is 0 Å². The SMILES string of the molecule is Cl.Cn1c(CCNC(=O)C2CNC2)nc2ccccc21. The van der Waals surface area contributed by atoms with Crippen molar-refractivity contribution in [2.45, 2.75) is 6.42 Å². The number of hydrogen-bond donors (Lipinski definition) is 2. The molecule has 20 heavy (non-hydrogen) atoms. The molecule has 3 rings (SSSR count). The fourth-order valence-electron chi connectivity index (χ4n) is 2.33. The summed E-state index contributed by atoms with van der Waals surface area (Å²) in [6.07, 6.45) is 0.761. The molecule has 0 unspecified atom stereocenters. The summed E-state index contributed by atoms with van der Waals surface area (Å²) in [5.74, 6) is 1.31. The molecular weight excluding hydrogens is 276 g/mol. The van der Waals surface area contributed by atoms with Crippen LogP contribution in [0.3, 0.4) is 0 Å². The largest absolute Gasteiger partial charge is 0.355 e. The van der Waals surface area contributed by atoms with Gasteiger partial charge in [0.2, 0.25) is 5.91 Å². The van der Waals surface area contributed by atoms with E-state index in [-0.39, 0.29) is 24.2 Å². The van der Waals surface area contributed by atoms with Crippen LogP contribution in [-0.2, 0) is 18.3 Å². The Bertz CT molecular complexity index is 606. The third kappa shape index (κ3) is 2.78. The van der Waals surface area contributed by atoms with Crippen LogP contribution in [0.25, 0.3) is 11.0 Å².